The maximum absolute atomic E-state index is 12.8. The summed E-state index contributed by atoms with van der Waals surface area (Å²) >= 11 is 0. The number of nitrogens with one attached hydrogen (secondary N) is 1. The minimum Gasteiger partial charge on any atom is -0.448 e. The van der Waals surface area contributed by atoms with Gasteiger partial charge in [-0.15, -0.1) is 0 Å². The van der Waals surface area contributed by atoms with Crippen LogP contribution < -0.4 is 5.32 Å². The van der Waals surface area contributed by atoms with E-state index < -0.39 is 6.10 Å². The molecule has 4 fully saturated rings. The maximum atomic E-state index is 12.8. The van der Waals surface area contributed by atoms with Crippen LogP contribution in [0.3, 0.4) is 0 Å². The van der Waals surface area contributed by atoms with Gasteiger partial charge in [-0.1, -0.05) is 18.2 Å². The Morgan fingerprint density at radius 1 is 1.04 bits per heavy atom. The van der Waals surface area contributed by atoms with Gasteiger partial charge in [-0.25, -0.2) is 4.79 Å². The number of hydrogen-bond donors (Lipinski definition) is 1. The van der Waals surface area contributed by atoms with Crippen molar-refractivity contribution in [2.75, 3.05) is 0 Å². The zero-order valence-electron chi connectivity index (χ0n) is 13.8. The summed E-state index contributed by atoms with van der Waals surface area (Å²) in [5, 5.41) is 3.33. The van der Waals surface area contributed by atoms with Crippen molar-refractivity contribution >= 4 is 11.9 Å². The van der Waals surface area contributed by atoms with Crippen LogP contribution in [0.4, 0.5) is 0 Å². The lowest BCUT2D eigenvalue weighted by Gasteiger charge is -2.57. The smallest absolute Gasteiger partial charge is 0.339 e. The van der Waals surface area contributed by atoms with Crippen molar-refractivity contribution in [1.82, 2.24) is 5.32 Å². The molecule has 6 rings (SSSR count). The summed E-state index contributed by atoms with van der Waals surface area (Å²) in [5.74, 6) is 1.88. The first-order valence-corrected chi connectivity index (χ1v) is 9.21. The SMILES string of the molecule is O=C1OC(C(=O)NC23CC4CC(CC(C4)C2)C3)Cc2ccccc21. The second-order valence-corrected chi connectivity index (χ2v) is 8.44. The highest BCUT2D eigenvalue weighted by Gasteiger charge is 2.52. The van der Waals surface area contributed by atoms with E-state index in [0.29, 0.717) is 12.0 Å². The number of rotatable bonds is 2. The van der Waals surface area contributed by atoms with Crippen LogP contribution in [0.25, 0.3) is 0 Å². The van der Waals surface area contributed by atoms with Crippen LogP contribution in [0.15, 0.2) is 24.3 Å². The fourth-order valence-corrected chi connectivity index (χ4v) is 6.08. The molecule has 1 aromatic rings. The van der Waals surface area contributed by atoms with Gasteiger partial charge >= 0.3 is 5.97 Å². The molecule has 4 nitrogen and oxygen atoms in total. The molecule has 4 aliphatic carbocycles. The second kappa shape index (κ2) is 5.08. The molecule has 1 aliphatic heterocycles. The topological polar surface area (TPSA) is 55.4 Å². The van der Waals surface area contributed by atoms with Crippen molar-refractivity contribution in [2.24, 2.45) is 17.8 Å². The number of hydrogen-bond acceptors (Lipinski definition) is 3. The van der Waals surface area contributed by atoms with E-state index in [4.69, 9.17) is 4.74 Å². The Hall–Kier alpha value is -1.84. The molecule has 126 valence electrons. The molecule has 4 saturated carbocycles. The van der Waals surface area contributed by atoms with Crippen LogP contribution in [0.2, 0.25) is 0 Å². The number of fused-ring (bicyclic) bond motifs is 1. The fraction of sp³-hybridized carbons (Fsp3) is 0.600. The average molecular weight is 325 g/mol. The van der Waals surface area contributed by atoms with Gasteiger partial charge in [0.25, 0.3) is 5.91 Å². The lowest BCUT2D eigenvalue weighted by atomic mass is 9.53. The molecule has 0 radical (unpaired) electrons. The molecule has 5 aliphatic rings. The Labute approximate surface area is 142 Å². The third-order valence-corrected chi connectivity index (χ3v) is 6.61. The number of ether oxygens (including phenoxy) is 1. The van der Waals surface area contributed by atoms with E-state index in [9.17, 15) is 9.59 Å². The van der Waals surface area contributed by atoms with Crippen molar-refractivity contribution in [3.8, 4) is 0 Å². The van der Waals surface area contributed by atoms with Crippen LogP contribution in [0.1, 0.15) is 54.4 Å². The number of amides is 1. The molecule has 1 atom stereocenters. The van der Waals surface area contributed by atoms with Gasteiger partial charge in [0.05, 0.1) is 5.56 Å². The van der Waals surface area contributed by atoms with Gasteiger partial charge in [0.15, 0.2) is 6.10 Å². The monoisotopic (exact) mass is 325 g/mol. The number of carbonyl (C=O) groups is 2. The molecular formula is C20H23NO3. The predicted octanol–water partition coefficient (Wildman–Crippen LogP) is 2.85. The van der Waals surface area contributed by atoms with E-state index in [2.05, 4.69) is 5.32 Å². The van der Waals surface area contributed by atoms with Gasteiger partial charge in [-0.05, 0) is 67.9 Å². The van der Waals surface area contributed by atoms with Crippen molar-refractivity contribution in [3.05, 3.63) is 35.4 Å². The van der Waals surface area contributed by atoms with Gasteiger partial charge in [0.1, 0.15) is 0 Å². The molecule has 1 aromatic carbocycles. The predicted molar refractivity (Wildman–Crippen MR) is 88.4 cm³/mol. The first-order valence-electron chi connectivity index (χ1n) is 9.21. The summed E-state index contributed by atoms with van der Waals surface area (Å²) < 4.78 is 5.44. The van der Waals surface area contributed by atoms with Crippen LogP contribution in [0.5, 0.6) is 0 Å². The maximum Gasteiger partial charge on any atom is 0.339 e. The molecule has 0 aromatic heterocycles. The highest BCUT2D eigenvalue weighted by atomic mass is 16.5. The summed E-state index contributed by atoms with van der Waals surface area (Å²) in [6.07, 6.45) is 7.19. The Morgan fingerprint density at radius 2 is 1.67 bits per heavy atom. The third kappa shape index (κ3) is 2.27. The second-order valence-electron chi connectivity index (χ2n) is 8.44. The lowest BCUT2D eigenvalue weighted by Crippen LogP contribution is -2.61. The number of cyclic esters (lactones) is 1. The summed E-state index contributed by atoms with van der Waals surface area (Å²) in [6.45, 7) is 0. The van der Waals surface area contributed by atoms with Crippen molar-refractivity contribution < 1.29 is 14.3 Å². The fourth-order valence-electron chi connectivity index (χ4n) is 6.08. The Bertz CT molecular complexity index is 675. The normalized spacial score (nSPS) is 39.2. The third-order valence-electron chi connectivity index (χ3n) is 6.61. The quantitative estimate of drug-likeness (QED) is 0.851. The van der Waals surface area contributed by atoms with E-state index in [1.807, 2.05) is 18.2 Å². The standard InChI is InChI=1S/C20H23NO3/c22-18(17-8-15-3-1-2-4-16(15)19(23)24-17)21-20-9-12-5-13(10-20)7-14(6-12)11-20/h1-4,12-14,17H,5-11H2,(H,21,22). The van der Waals surface area contributed by atoms with Crippen LogP contribution >= 0.6 is 0 Å². The lowest BCUT2D eigenvalue weighted by molar-refractivity contribution is -0.136. The molecule has 0 saturated heterocycles. The van der Waals surface area contributed by atoms with Gasteiger partial charge in [0.2, 0.25) is 0 Å². The van der Waals surface area contributed by atoms with E-state index in [1.54, 1.807) is 6.07 Å². The Morgan fingerprint density at radius 3 is 2.33 bits per heavy atom. The molecular weight excluding hydrogens is 302 g/mol. The summed E-state index contributed by atoms with van der Waals surface area (Å²) in [5.41, 5.74) is 1.48. The van der Waals surface area contributed by atoms with Crippen molar-refractivity contribution in [2.45, 2.75) is 56.6 Å². The summed E-state index contributed by atoms with van der Waals surface area (Å²) in [4.78, 5) is 25.0. The minimum atomic E-state index is -0.680. The highest BCUT2D eigenvalue weighted by molar-refractivity contribution is 5.95. The first kappa shape index (κ1) is 14.5. The Kier molecular flexibility index (Phi) is 3.07. The summed E-state index contributed by atoms with van der Waals surface area (Å²) in [7, 11) is 0. The average Bonchev–Trinajstić information content (AvgIpc) is 2.53. The zero-order chi connectivity index (χ0) is 16.3. The molecule has 1 N–H and O–H groups in total. The minimum absolute atomic E-state index is 0.0325. The van der Waals surface area contributed by atoms with Gasteiger partial charge < -0.3 is 10.1 Å². The van der Waals surface area contributed by atoms with Crippen LogP contribution in [-0.2, 0) is 16.0 Å². The highest BCUT2D eigenvalue weighted by Crippen LogP contribution is 2.55. The van der Waals surface area contributed by atoms with Gasteiger partial charge in [-0.2, -0.15) is 0 Å². The molecule has 0 spiro atoms. The number of esters is 1. The number of carbonyl (C=O) groups excluding carboxylic acids is 2. The molecule has 4 bridgehead atoms. The van der Waals surface area contributed by atoms with Crippen molar-refractivity contribution in [1.29, 1.82) is 0 Å². The molecule has 1 amide bonds. The number of benzene rings is 1. The zero-order valence-corrected chi connectivity index (χ0v) is 13.8. The van der Waals surface area contributed by atoms with Crippen LogP contribution in [0, 0.1) is 17.8 Å². The van der Waals surface area contributed by atoms with Crippen molar-refractivity contribution in [3.63, 3.8) is 0 Å². The van der Waals surface area contributed by atoms with E-state index in [1.165, 1.54) is 19.3 Å². The van der Waals surface area contributed by atoms with Gasteiger partial charge in [-0.3, -0.25) is 4.79 Å². The Balaban J connectivity index is 1.34. The molecule has 1 heterocycles. The van der Waals surface area contributed by atoms with Crippen LogP contribution in [-0.4, -0.2) is 23.5 Å². The largest absolute Gasteiger partial charge is 0.448 e. The first-order chi connectivity index (χ1) is 11.6. The molecule has 24 heavy (non-hydrogen) atoms. The molecule has 1 unspecified atom stereocenters. The van der Waals surface area contributed by atoms with E-state index in [0.717, 1.165) is 42.6 Å². The van der Waals surface area contributed by atoms with E-state index >= 15 is 0 Å². The molecule has 4 heteroatoms. The van der Waals surface area contributed by atoms with Gasteiger partial charge in [0, 0.05) is 12.0 Å². The summed E-state index contributed by atoms with van der Waals surface area (Å²) in [6, 6.07) is 7.42. The van der Waals surface area contributed by atoms with E-state index in [-0.39, 0.29) is 17.4 Å².